The van der Waals surface area contributed by atoms with Gasteiger partial charge in [0.2, 0.25) is 0 Å². The van der Waals surface area contributed by atoms with Gasteiger partial charge in [-0.3, -0.25) is 0 Å². The van der Waals surface area contributed by atoms with Gasteiger partial charge in [-0.25, -0.2) is 4.99 Å². The summed E-state index contributed by atoms with van der Waals surface area (Å²) in [5, 5.41) is 24.6. The summed E-state index contributed by atoms with van der Waals surface area (Å²) in [6.07, 6.45) is -4.79. The summed E-state index contributed by atoms with van der Waals surface area (Å²) < 4.78 is 45.3. The quantitative estimate of drug-likeness (QED) is 0.156. The maximum atomic E-state index is 11.2. The Bertz CT molecular complexity index is 1750. The maximum Gasteiger partial charge on any atom is 0.287 e. The number of benzene rings is 4. The topological polar surface area (TPSA) is 133 Å². The van der Waals surface area contributed by atoms with E-state index in [-0.39, 0.29) is 25.3 Å². The zero-order valence-electron chi connectivity index (χ0n) is 28.7. The monoisotopic (exact) mass is 708 g/mol. The van der Waals surface area contributed by atoms with Gasteiger partial charge >= 0.3 is 0 Å². The van der Waals surface area contributed by atoms with Crippen molar-refractivity contribution in [3.05, 3.63) is 144 Å². The molecule has 1 saturated carbocycles. The molecule has 11 heteroatoms. The normalized spacial score (nSPS) is 31.7. The van der Waals surface area contributed by atoms with E-state index in [1.807, 2.05) is 121 Å². The molecule has 0 bridgehead atoms. The Hall–Kier alpha value is -4.17. The Morgan fingerprint density at radius 1 is 0.615 bits per heavy atom. The van der Waals surface area contributed by atoms with Crippen LogP contribution in [0.15, 0.2) is 126 Å². The Morgan fingerprint density at radius 3 is 1.65 bits per heavy atom. The lowest BCUT2D eigenvalue weighted by atomic mass is 9.96. The van der Waals surface area contributed by atoms with E-state index in [1.165, 1.54) is 0 Å². The van der Waals surface area contributed by atoms with Crippen LogP contribution in [0.5, 0.6) is 0 Å². The summed E-state index contributed by atoms with van der Waals surface area (Å²) in [6.45, 7) is 0.991. The molecule has 0 aromatic heterocycles. The minimum Gasteiger partial charge on any atom is -0.457 e. The van der Waals surface area contributed by atoms with E-state index < -0.39 is 61.1 Å². The molecular weight excluding hydrogens is 664 g/mol. The first-order chi connectivity index (χ1) is 25.6. The van der Waals surface area contributed by atoms with Gasteiger partial charge in [-0.05, 0) is 22.3 Å². The first-order valence-electron chi connectivity index (χ1n) is 17.8. The van der Waals surface area contributed by atoms with E-state index in [0.717, 1.165) is 22.3 Å². The number of aliphatic hydroxyl groups is 2. The number of aliphatic imine (C=N–C) groups is 1. The highest BCUT2D eigenvalue weighted by Crippen LogP contribution is 2.50. The van der Waals surface area contributed by atoms with E-state index in [1.54, 1.807) is 0 Å². The average Bonchev–Trinajstić information content (AvgIpc) is 3.83. The number of fused-ring (bicyclic) bond motifs is 3. The number of nitrogens with zero attached hydrogens (tertiary/aromatic N) is 1. The van der Waals surface area contributed by atoms with Crippen LogP contribution >= 0.6 is 0 Å². The number of rotatable bonds is 15. The molecule has 4 aliphatic rings. The lowest BCUT2D eigenvalue weighted by Gasteiger charge is -2.46. The molecule has 52 heavy (non-hydrogen) atoms. The molecule has 0 amide bonds. The number of aliphatic hydroxyl groups excluding tert-OH is 1. The van der Waals surface area contributed by atoms with E-state index >= 15 is 0 Å². The fourth-order valence-electron chi connectivity index (χ4n) is 7.29. The Labute approximate surface area is 303 Å². The highest BCUT2D eigenvalue weighted by molar-refractivity contribution is 5.77. The smallest absolute Gasteiger partial charge is 0.287 e. The summed E-state index contributed by atoms with van der Waals surface area (Å²) in [6, 6.07) is 39.3. The molecule has 3 aliphatic heterocycles. The molecule has 0 unspecified atom stereocenters. The molecule has 1 aliphatic carbocycles. The van der Waals surface area contributed by atoms with Crippen LogP contribution < -0.4 is 5.32 Å². The van der Waals surface area contributed by atoms with Crippen LogP contribution in [-0.2, 0) is 59.6 Å². The molecular formula is C41H44N2O9. The lowest BCUT2D eigenvalue weighted by molar-refractivity contribution is -0.275. The van der Waals surface area contributed by atoms with Gasteiger partial charge in [0.15, 0.2) is 12.3 Å². The van der Waals surface area contributed by atoms with Crippen molar-refractivity contribution in [2.24, 2.45) is 4.99 Å². The van der Waals surface area contributed by atoms with Crippen molar-refractivity contribution in [3.8, 4) is 0 Å². The van der Waals surface area contributed by atoms with Gasteiger partial charge in [0.05, 0.1) is 39.6 Å². The van der Waals surface area contributed by atoms with Gasteiger partial charge < -0.3 is 48.7 Å². The summed E-state index contributed by atoms with van der Waals surface area (Å²) in [7, 11) is 0. The SMILES string of the molecule is OC[C@]1(O)[C@@H]2N=C(N[C@H]3O[C@H](COCc4ccccc4)[C@@H](OCc4ccccc4)[C@H](OCc4ccccc4)[C@H]3OCc3ccccc3)O[C@@H]2[C@@H]2O[C@@H]21. The van der Waals surface area contributed by atoms with Crippen molar-refractivity contribution in [1.29, 1.82) is 0 Å². The standard InChI is InChI=1S/C41H44N2O9/c44-26-41(45)37-34(35-38(41)51-35)52-40(42-37)43-39-36(49-24-30-19-11-4-12-20-30)33(48-23-29-17-9-3-10-18-29)32(47-22-28-15-7-2-8-16-28)31(50-39)25-46-21-27-13-5-1-6-14-27/h1-20,31-39,44-45H,21-26H2,(H,42,43)/t31-,32-,33+,34-,35+,36-,37-,38+,39+,41+/m1/s1. The highest BCUT2D eigenvalue weighted by atomic mass is 16.7. The number of epoxide rings is 1. The van der Waals surface area contributed by atoms with E-state index in [2.05, 4.69) is 5.32 Å². The van der Waals surface area contributed by atoms with Gasteiger partial charge in [-0.1, -0.05) is 121 Å². The number of ether oxygens (including phenoxy) is 7. The molecule has 4 aromatic rings. The summed E-state index contributed by atoms with van der Waals surface area (Å²) in [5.41, 5.74) is 2.49. The zero-order valence-corrected chi connectivity index (χ0v) is 28.7. The Kier molecular flexibility index (Phi) is 10.6. The number of nitrogens with one attached hydrogen (secondary N) is 1. The summed E-state index contributed by atoms with van der Waals surface area (Å²) in [4.78, 5) is 4.70. The molecule has 3 heterocycles. The fraction of sp³-hybridized carbons (Fsp3) is 0.390. The molecule has 11 nitrogen and oxygen atoms in total. The second-order valence-corrected chi connectivity index (χ2v) is 13.7. The van der Waals surface area contributed by atoms with Gasteiger partial charge in [0.1, 0.15) is 48.3 Å². The predicted molar refractivity (Wildman–Crippen MR) is 190 cm³/mol. The van der Waals surface area contributed by atoms with Crippen molar-refractivity contribution >= 4 is 6.02 Å². The number of hydrogen-bond acceptors (Lipinski definition) is 11. The van der Waals surface area contributed by atoms with Crippen LogP contribution in [0.25, 0.3) is 0 Å². The second-order valence-electron chi connectivity index (χ2n) is 13.7. The van der Waals surface area contributed by atoms with Gasteiger partial charge in [-0.15, -0.1) is 0 Å². The molecule has 2 saturated heterocycles. The predicted octanol–water partition coefficient (Wildman–Crippen LogP) is 3.90. The van der Waals surface area contributed by atoms with Gasteiger partial charge in [-0.2, -0.15) is 0 Å². The fourth-order valence-corrected chi connectivity index (χ4v) is 7.29. The van der Waals surface area contributed by atoms with Crippen LogP contribution in [-0.4, -0.2) is 90.0 Å². The molecule has 3 N–H and O–H groups in total. The van der Waals surface area contributed by atoms with Gasteiger partial charge in [0.25, 0.3) is 6.02 Å². The summed E-state index contributed by atoms with van der Waals surface area (Å²) in [5.74, 6) is 0. The minimum atomic E-state index is -1.53. The number of amidine groups is 1. The van der Waals surface area contributed by atoms with Crippen LogP contribution in [0, 0.1) is 0 Å². The Balaban J connectivity index is 1.11. The molecule has 8 rings (SSSR count). The molecule has 10 atom stereocenters. The molecule has 272 valence electrons. The zero-order chi connectivity index (χ0) is 35.3. The third kappa shape index (κ3) is 7.64. The minimum absolute atomic E-state index is 0.170. The largest absolute Gasteiger partial charge is 0.457 e. The Morgan fingerprint density at radius 2 is 1.12 bits per heavy atom. The molecule has 0 spiro atoms. The van der Waals surface area contributed by atoms with Crippen LogP contribution in [0.4, 0.5) is 0 Å². The van der Waals surface area contributed by atoms with Crippen molar-refractivity contribution in [2.45, 2.75) is 87.0 Å². The molecule has 4 aromatic carbocycles. The van der Waals surface area contributed by atoms with E-state index in [0.29, 0.717) is 19.8 Å². The first kappa shape index (κ1) is 34.9. The maximum absolute atomic E-state index is 11.2. The van der Waals surface area contributed by atoms with Crippen LogP contribution in [0.1, 0.15) is 22.3 Å². The van der Waals surface area contributed by atoms with Crippen molar-refractivity contribution in [3.63, 3.8) is 0 Å². The third-order valence-corrected chi connectivity index (χ3v) is 10.1. The van der Waals surface area contributed by atoms with Crippen molar-refractivity contribution < 1.29 is 43.4 Å². The van der Waals surface area contributed by atoms with E-state index in [4.69, 9.17) is 38.2 Å². The van der Waals surface area contributed by atoms with Crippen molar-refractivity contribution in [1.82, 2.24) is 5.32 Å². The average molecular weight is 709 g/mol. The van der Waals surface area contributed by atoms with Crippen LogP contribution in [0.2, 0.25) is 0 Å². The molecule has 3 fully saturated rings. The lowest BCUT2D eigenvalue weighted by Crippen LogP contribution is -2.65. The summed E-state index contributed by atoms with van der Waals surface area (Å²) >= 11 is 0. The third-order valence-electron chi connectivity index (χ3n) is 10.1. The second kappa shape index (κ2) is 15.8. The first-order valence-corrected chi connectivity index (χ1v) is 17.8. The van der Waals surface area contributed by atoms with Crippen molar-refractivity contribution in [2.75, 3.05) is 13.2 Å². The van der Waals surface area contributed by atoms with E-state index in [9.17, 15) is 10.2 Å². The van der Waals surface area contributed by atoms with Crippen LogP contribution in [0.3, 0.4) is 0 Å². The number of hydrogen-bond donors (Lipinski definition) is 3. The molecule has 0 radical (unpaired) electrons. The van der Waals surface area contributed by atoms with Gasteiger partial charge in [0, 0.05) is 0 Å². The highest BCUT2D eigenvalue weighted by Gasteiger charge is 2.73.